The second kappa shape index (κ2) is 9.79. The minimum Gasteiger partial charge on any atom is -0.497 e. The third-order valence-corrected chi connectivity index (χ3v) is 5.84. The van der Waals surface area contributed by atoms with Crippen molar-refractivity contribution in [3.05, 3.63) is 89.5 Å². The Bertz CT molecular complexity index is 1190. The fourth-order valence-electron chi connectivity index (χ4n) is 3.90. The first kappa shape index (κ1) is 23.0. The Labute approximate surface area is 198 Å². The van der Waals surface area contributed by atoms with Gasteiger partial charge in [0.1, 0.15) is 11.8 Å². The topological polar surface area (TPSA) is 79.0 Å². The van der Waals surface area contributed by atoms with Gasteiger partial charge in [0, 0.05) is 12.2 Å². The molecule has 0 spiro atoms. The Hall–Kier alpha value is -4.13. The summed E-state index contributed by atoms with van der Waals surface area (Å²) in [7, 11) is 1.57. The molecule has 4 amide bonds. The second-order valence-electron chi connectivity index (χ2n) is 8.40. The maximum absolute atomic E-state index is 13.4. The summed E-state index contributed by atoms with van der Waals surface area (Å²) in [6, 6.07) is 20.5. The average Bonchev–Trinajstić information content (AvgIpc) is 3.05. The smallest absolute Gasteiger partial charge is 0.332 e. The van der Waals surface area contributed by atoms with Crippen molar-refractivity contribution < 1.29 is 19.1 Å². The lowest BCUT2D eigenvalue weighted by Crippen LogP contribution is -2.37. The van der Waals surface area contributed by atoms with Crippen LogP contribution >= 0.6 is 0 Å². The van der Waals surface area contributed by atoms with Gasteiger partial charge >= 0.3 is 6.03 Å². The predicted octanol–water partition coefficient (Wildman–Crippen LogP) is 4.68. The van der Waals surface area contributed by atoms with Crippen LogP contribution in [-0.2, 0) is 16.1 Å². The van der Waals surface area contributed by atoms with Gasteiger partial charge in [0.2, 0.25) is 5.91 Å². The first-order valence-electron chi connectivity index (χ1n) is 11.1. The molecule has 1 atom stereocenters. The molecule has 0 bridgehead atoms. The van der Waals surface area contributed by atoms with Crippen LogP contribution in [0.5, 0.6) is 5.75 Å². The summed E-state index contributed by atoms with van der Waals surface area (Å²) in [5.74, 6) is -0.0885. The van der Waals surface area contributed by atoms with E-state index in [9.17, 15) is 14.4 Å². The molecule has 3 aromatic carbocycles. The number of urea groups is 1. The number of rotatable bonds is 7. The molecule has 4 rings (SSSR count). The first-order valence-corrected chi connectivity index (χ1v) is 11.1. The molecule has 1 aliphatic rings. The molecule has 1 unspecified atom stereocenters. The van der Waals surface area contributed by atoms with Gasteiger partial charge in [0.05, 0.1) is 19.2 Å². The van der Waals surface area contributed by atoms with Crippen molar-refractivity contribution >= 4 is 29.2 Å². The summed E-state index contributed by atoms with van der Waals surface area (Å²) in [5, 5.41) is 2.81. The maximum atomic E-state index is 13.4. The monoisotopic (exact) mass is 457 g/mol. The summed E-state index contributed by atoms with van der Waals surface area (Å²) in [5.41, 5.74) is 4.09. The minimum absolute atomic E-state index is 0.148. The van der Waals surface area contributed by atoms with Crippen molar-refractivity contribution in [2.24, 2.45) is 0 Å². The summed E-state index contributed by atoms with van der Waals surface area (Å²) < 4.78 is 5.14. The van der Waals surface area contributed by atoms with E-state index < -0.39 is 18.0 Å². The van der Waals surface area contributed by atoms with Gasteiger partial charge in [0.25, 0.3) is 5.91 Å². The number of imide groups is 1. The highest BCUT2D eigenvalue weighted by atomic mass is 16.5. The zero-order chi connectivity index (χ0) is 24.2. The van der Waals surface area contributed by atoms with Gasteiger partial charge < -0.3 is 15.0 Å². The van der Waals surface area contributed by atoms with Crippen LogP contribution in [0.4, 0.5) is 16.2 Å². The number of anilines is 2. The molecule has 1 N–H and O–H groups in total. The van der Waals surface area contributed by atoms with E-state index in [0.29, 0.717) is 17.1 Å². The number of carbonyl (C=O) groups is 3. The molecule has 0 saturated carbocycles. The lowest BCUT2D eigenvalue weighted by molar-refractivity contribution is -0.124. The highest BCUT2D eigenvalue weighted by Crippen LogP contribution is 2.29. The average molecular weight is 458 g/mol. The Kier molecular flexibility index (Phi) is 6.63. The molecular formula is C27H27N3O4. The molecule has 174 valence electrons. The first-order chi connectivity index (χ1) is 16.4. The van der Waals surface area contributed by atoms with Gasteiger partial charge in [-0.1, -0.05) is 47.5 Å². The van der Waals surface area contributed by atoms with Crippen LogP contribution in [0, 0.1) is 13.8 Å². The van der Waals surface area contributed by atoms with Crippen LogP contribution in [-0.4, -0.2) is 35.9 Å². The van der Waals surface area contributed by atoms with Crippen LogP contribution < -0.4 is 15.0 Å². The number of ether oxygens (including phenoxy) is 1. The largest absolute Gasteiger partial charge is 0.497 e. The molecule has 0 radical (unpaired) electrons. The third-order valence-electron chi connectivity index (χ3n) is 5.84. The second-order valence-corrected chi connectivity index (χ2v) is 8.40. The van der Waals surface area contributed by atoms with E-state index in [0.717, 1.165) is 16.7 Å². The molecular weight excluding hydrogens is 430 g/mol. The van der Waals surface area contributed by atoms with Gasteiger partial charge in [-0.05, 0) is 55.8 Å². The van der Waals surface area contributed by atoms with Crippen LogP contribution in [0.25, 0.3) is 0 Å². The highest BCUT2D eigenvalue weighted by molar-refractivity contribution is 6.22. The molecule has 1 fully saturated rings. The number of amides is 4. The van der Waals surface area contributed by atoms with Crippen LogP contribution in [0.1, 0.15) is 23.1 Å². The highest BCUT2D eigenvalue weighted by Gasteiger charge is 2.46. The molecule has 0 aromatic heterocycles. The Morgan fingerprint density at radius 1 is 0.882 bits per heavy atom. The van der Waals surface area contributed by atoms with Crippen LogP contribution in [0.2, 0.25) is 0 Å². The number of hydrogen-bond acceptors (Lipinski definition) is 4. The van der Waals surface area contributed by atoms with E-state index in [2.05, 4.69) is 5.32 Å². The van der Waals surface area contributed by atoms with Crippen molar-refractivity contribution in [2.45, 2.75) is 32.9 Å². The predicted molar refractivity (Wildman–Crippen MR) is 131 cm³/mol. The number of carbonyl (C=O) groups excluding carboxylic acids is 3. The number of benzene rings is 3. The lowest BCUT2D eigenvalue weighted by Gasteiger charge is -2.22. The van der Waals surface area contributed by atoms with Crippen molar-refractivity contribution in [1.82, 2.24) is 4.90 Å². The van der Waals surface area contributed by atoms with Gasteiger partial charge in [0.15, 0.2) is 0 Å². The molecule has 1 heterocycles. The fraction of sp³-hybridized carbons (Fsp3) is 0.222. The van der Waals surface area contributed by atoms with E-state index in [1.165, 1.54) is 9.80 Å². The normalized spacial score (nSPS) is 15.6. The molecule has 1 saturated heterocycles. The molecule has 34 heavy (non-hydrogen) atoms. The summed E-state index contributed by atoms with van der Waals surface area (Å²) in [4.78, 5) is 42.3. The number of nitrogens with zero attached hydrogens (tertiary/aromatic N) is 2. The van der Waals surface area contributed by atoms with Crippen LogP contribution in [0.3, 0.4) is 0 Å². The molecule has 0 aliphatic carbocycles. The zero-order valence-electron chi connectivity index (χ0n) is 19.4. The minimum atomic E-state index is -0.909. The van der Waals surface area contributed by atoms with Gasteiger partial charge in [-0.25, -0.2) is 9.69 Å². The standard InChI is InChI=1S/C27H27N3O4/c1-18-4-8-20(9-5-18)17-29-24(16-25(31)28-21-10-14-23(34-3)15-11-21)26(32)30(27(29)33)22-12-6-19(2)7-13-22/h4-15,24H,16-17H2,1-3H3,(H,28,31). The lowest BCUT2D eigenvalue weighted by atomic mass is 10.1. The quantitative estimate of drug-likeness (QED) is 0.523. The summed E-state index contributed by atoms with van der Waals surface area (Å²) in [6.45, 7) is 4.15. The fourth-order valence-corrected chi connectivity index (χ4v) is 3.90. The van der Waals surface area contributed by atoms with Crippen LogP contribution in [0.15, 0.2) is 72.8 Å². The number of hydrogen-bond donors (Lipinski definition) is 1. The molecule has 1 aliphatic heterocycles. The third kappa shape index (κ3) is 4.93. The summed E-state index contributed by atoms with van der Waals surface area (Å²) in [6.07, 6.45) is -0.148. The van der Waals surface area contributed by atoms with E-state index >= 15 is 0 Å². The number of methoxy groups -OCH3 is 1. The Morgan fingerprint density at radius 2 is 1.47 bits per heavy atom. The van der Waals surface area contributed by atoms with E-state index in [1.54, 1.807) is 43.5 Å². The molecule has 7 heteroatoms. The van der Waals surface area contributed by atoms with Gasteiger partial charge in [-0.15, -0.1) is 0 Å². The summed E-state index contributed by atoms with van der Waals surface area (Å²) >= 11 is 0. The molecule has 7 nitrogen and oxygen atoms in total. The van der Waals surface area contributed by atoms with Crippen molar-refractivity contribution in [1.29, 1.82) is 0 Å². The van der Waals surface area contributed by atoms with Gasteiger partial charge in [-0.2, -0.15) is 0 Å². The Morgan fingerprint density at radius 3 is 2.06 bits per heavy atom. The van der Waals surface area contributed by atoms with Crippen molar-refractivity contribution in [3.63, 3.8) is 0 Å². The van der Waals surface area contributed by atoms with Crippen molar-refractivity contribution in [3.8, 4) is 5.75 Å². The maximum Gasteiger partial charge on any atom is 0.332 e. The molecule has 3 aromatic rings. The SMILES string of the molecule is COc1ccc(NC(=O)CC2C(=O)N(c3ccc(C)cc3)C(=O)N2Cc2ccc(C)cc2)cc1. The van der Waals surface area contributed by atoms with Gasteiger partial charge in [-0.3, -0.25) is 9.59 Å². The van der Waals surface area contributed by atoms with Crippen molar-refractivity contribution in [2.75, 3.05) is 17.3 Å². The number of nitrogens with one attached hydrogen (secondary N) is 1. The Balaban J connectivity index is 1.58. The van der Waals surface area contributed by atoms with E-state index in [-0.39, 0.29) is 18.9 Å². The van der Waals surface area contributed by atoms with E-state index in [1.807, 2.05) is 50.2 Å². The van der Waals surface area contributed by atoms with E-state index in [4.69, 9.17) is 4.74 Å². The zero-order valence-corrected chi connectivity index (χ0v) is 19.4. The number of aryl methyl sites for hydroxylation is 2.